The van der Waals surface area contributed by atoms with Crippen LogP contribution in [0, 0.1) is 5.82 Å². The molecule has 0 atom stereocenters. The molecule has 3 rings (SSSR count). The van der Waals surface area contributed by atoms with Crippen LogP contribution in [0.25, 0.3) is 11.3 Å². The molecule has 2 aromatic carbocycles. The molecule has 0 saturated heterocycles. The Morgan fingerprint density at radius 3 is 2.50 bits per heavy atom. The quantitative estimate of drug-likeness (QED) is 0.683. The Balaban J connectivity index is 1.60. The number of hydrogen-bond donors (Lipinski definition) is 1. The van der Waals surface area contributed by atoms with Gasteiger partial charge in [-0.2, -0.15) is 0 Å². The molecule has 1 N–H and O–H groups in total. The van der Waals surface area contributed by atoms with Gasteiger partial charge in [-0.05, 0) is 55.5 Å². The molecule has 6 nitrogen and oxygen atoms in total. The van der Waals surface area contributed by atoms with Crippen LogP contribution < -0.4 is 15.6 Å². The van der Waals surface area contributed by atoms with E-state index in [1.807, 2.05) is 31.2 Å². The minimum absolute atomic E-state index is 0.213. The Morgan fingerprint density at radius 2 is 1.86 bits per heavy atom. The highest BCUT2D eigenvalue weighted by atomic mass is 19.1. The minimum atomic E-state index is -0.401. The highest BCUT2D eigenvalue weighted by Crippen LogP contribution is 2.19. The van der Waals surface area contributed by atoms with Crippen molar-refractivity contribution in [3.8, 4) is 17.0 Å². The number of hydrogen-bond acceptors (Lipinski definition) is 4. The summed E-state index contributed by atoms with van der Waals surface area (Å²) in [6, 6.07) is 14.1. The van der Waals surface area contributed by atoms with Gasteiger partial charge in [0.05, 0.1) is 18.6 Å². The number of amides is 1. The fourth-order valence-corrected chi connectivity index (χ4v) is 2.63. The number of rotatable bonds is 7. The number of carbonyl (C=O) groups is 1. The molecule has 0 saturated carbocycles. The summed E-state index contributed by atoms with van der Waals surface area (Å²) >= 11 is 0. The topological polar surface area (TPSA) is 73.2 Å². The SMILES string of the molecule is CCOc1ccc(-c2cc(=O)n(CCNC(=O)c3ccc(F)cc3)cn2)cc1. The Morgan fingerprint density at radius 1 is 1.14 bits per heavy atom. The highest BCUT2D eigenvalue weighted by Gasteiger charge is 2.07. The third-order valence-electron chi connectivity index (χ3n) is 4.09. The molecule has 0 bridgehead atoms. The van der Waals surface area contributed by atoms with Gasteiger partial charge in [0, 0.05) is 30.3 Å². The number of ether oxygens (including phenoxy) is 1. The molecule has 0 fully saturated rings. The normalized spacial score (nSPS) is 10.5. The molecule has 0 aliphatic carbocycles. The first-order chi connectivity index (χ1) is 13.6. The van der Waals surface area contributed by atoms with Gasteiger partial charge in [0.25, 0.3) is 11.5 Å². The van der Waals surface area contributed by atoms with E-state index >= 15 is 0 Å². The number of carbonyl (C=O) groups excluding carboxylic acids is 1. The molecule has 1 aromatic heterocycles. The van der Waals surface area contributed by atoms with Gasteiger partial charge in [-0.1, -0.05) is 0 Å². The second-order valence-corrected chi connectivity index (χ2v) is 6.03. The lowest BCUT2D eigenvalue weighted by Gasteiger charge is -2.09. The van der Waals surface area contributed by atoms with Crippen LogP contribution in [0.15, 0.2) is 65.7 Å². The lowest BCUT2D eigenvalue weighted by molar-refractivity contribution is 0.0952. The molecular formula is C21H20FN3O3. The fraction of sp³-hybridized carbons (Fsp3) is 0.190. The number of nitrogens with zero attached hydrogens (tertiary/aromatic N) is 2. The summed E-state index contributed by atoms with van der Waals surface area (Å²) in [5.74, 6) is 0.0327. The predicted octanol–water partition coefficient (Wildman–Crippen LogP) is 2.88. The van der Waals surface area contributed by atoms with E-state index in [0.29, 0.717) is 17.9 Å². The van der Waals surface area contributed by atoms with Crippen molar-refractivity contribution in [2.75, 3.05) is 13.2 Å². The molecule has 1 amide bonds. The van der Waals surface area contributed by atoms with Gasteiger partial charge in [0.2, 0.25) is 0 Å². The van der Waals surface area contributed by atoms with Crippen LogP contribution in [0.4, 0.5) is 4.39 Å². The van der Waals surface area contributed by atoms with E-state index in [1.54, 1.807) is 0 Å². The molecule has 3 aromatic rings. The van der Waals surface area contributed by atoms with Crippen LogP contribution in [-0.2, 0) is 6.54 Å². The molecule has 7 heteroatoms. The molecule has 0 spiro atoms. The third-order valence-corrected chi connectivity index (χ3v) is 4.09. The van der Waals surface area contributed by atoms with Gasteiger partial charge in [0.15, 0.2) is 0 Å². The summed E-state index contributed by atoms with van der Waals surface area (Å²) in [6.45, 7) is 3.03. The maximum Gasteiger partial charge on any atom is 0.253 e. The first-order valence-corrected chi connectivity index (χ1v) is 8.90. The summed E-state index contributed by atoms with van der Waals surface area (Å²) in [5, 5.41) is 2.70. The maximum absolute atomic E-state index is 12.9. The Bertz CT molecular complexity index is 999. The highest BCUT2D eigenvalue weighted by molar-refractivity contribution is 5.94. The van der Waals surface area contributed by atoms with E-state index in [4.69, 9.17) is 4.74 Å². The number of nitrogens with one attached hydrogen (secondary N) is 1. The van der Waals surface area contributed by atoms with E-state index in [9.17, 15) is 14.0 Å². The maximum atomic E-state index is 12.9. The van der Waals surface area contributed by atoms with Crippen LogP contribution in [0.5, 0.6) is 5.75 Å². The van der Waals surface area contributed by atoms with Gasteiger partial charge < -0.3 is 10.1 Å². The molecule has 0 aliphatic heterocycles. The number of halogens is 1. The van der Waals surface area contributed by atoms with Crippen LogP contribution in [0.2, 0.25) is 0 Å². The third kappa shape index (κ3) is 4.82. The Hall–Kier alpha value is -3.48. The van der Waals surface area contributed by atoms with Crippen molar-refractivity contribution >= 4 is 5.91 Å². The average Bonchev–Trinajstić information content (AvgIpc) is 2.70. The standard InChI is InChI=1S/C21H20FN3O3/c1-2-28-18-9-5-15(6-10-18)19-13-20(26)25(14-24-19)12-11-23-21(27)16-3-7-17(22)8-4-16/h3-10,13-14H,2,11-12H2,1H3,(H,23,27). The lowest BCUT2D eigenvalue weighted by Crippen LogP contribution is -2.30. The first kappa shape index (κ1) is 19.3. The second kappa shape index (κ2) is 8.94. The van der Waals surface area contributed by atoms with E-state index in [1.165, 1.54) is 41.2 Å². The summed E-state index contributed by atoms with van der Waals surface area (Å²) in [5.41, 5.74) is 1.53. The van der Waals surface area contributed by atoms with Crippen molar-refractivity contribution in [1.29, 1.82) is 0 Å². The van der Waals surface area contributed by atoms with Crippen LogP contribution in [-0.4, -0.2) is 28.6 Å². The smallest absolute Gasteiger partial charge is 0.253 e. The van der Waals surface area contributed by atoms with E-state index in [0.717, 1.165) is 11.3 Å². The zero-order valence-electron chi connectivity index (χ0n) is 15.4. The van der Waals surface area contributed by atoms with Gasteiger partial charge in [-0.15, -0.1) is 0 Å². The van der Waals surface area contributed by atoms with E-state index < -0.39 is 5.82 Å². The Labute approximate surface area is 161 Å². The Kier molecular flexibility index (Phi) is 6.16. The molecule has 1 heterocycles. The minimum Gasteiger partial charge on any atom is -0.494 e. The fourth-order valence-electron chi connectivity index (χ4n) is 2.63. The monoisotopic (exact) mass is 381 g/mol. The predicted molar refractivity (Wildman–Crippen MR) is 104 cm³/mol. The van der Waals surface area contributed by atoms with Crippen molar-refractivity contribution in [2.24, 2.45) is 0 Å². The summed E-state index contributed by atoms with van der Waals surface area (Å²) in [6.07, 6.45) is 1.46. The van der Waals surface area contributed by atoms with E-state index in [2.05, 4.69) is 10.3 Å². The summed E-state index contributed by atoms with van der Waals surface area (Å²) in [4.78, 5) is 28.6. The van der Waals surface area contributed by atoms with Gasteiger partial charge in [-0.3, -0.25) is 14.2 Å². The van der Waals surface area contributed by atoms with Crippen LogP contribution in [0.1, 0.15) is 17.3 Å². The largest absolute Gasteiger partial charge is 0.494 e. The first-order valence-electron chi connectivity index (χ1n) is 8.90. The van der Waals surface area contributed by atoms with Crippen molar-refractivity contribution in [1.82, 2.24) is 14.9 Å². The van der Waals surface area contributed by atoms with Crippen molar-refractivity contribution < 1.29 is 13.9 Å². The van der Waals surface area contributed by atoms with Crippen LogP contribution >= 0.6 is 0 Å². The van der Waals surface area contributed by atoms with E-state index in [-0.39, 0.29) is 24.6 Å². The molecule has 144 valence electrons. The van der Waals surface area contributed by atoms with Crippen molar-refractivity contribution in [3.63, 3.8) is 0 Å². The number of benzene rings is 2. The van der Waals surface area contributed by atoms with Crippen LogP contribution in [0.3, 0.4) is 0 Å². The van der Waals surface area contributed by atoms with Gasteiger partial charge >= 0.3 is 0 Å². The zero-order chi connectivity index (χ0) is 19.9. The number of aromatic nitrogens is 2. The molecular weight excluding hydrogens is 361 g/mol. The van der Waals surface area contributed by atoms with Gasteiger partial charge in [-0.25, -0.2) is 9.37 Å². The lowest BCUT2D eigenvalue weighted by atomic mass is 10.1. The van der Waals surface area contributed by atoms with Gasteiger partial charge in [0.1, 0.15) is 11.6 Å². The average molecular weight is 381 g/mol. The van der Waals surface area contributed by atoms with Crippen molar-refractivity contribution in [3.05, 3.63) is 82.7 Å². The molecule has 0 aliphatic rings. The summed E-state index contributed by atoms with van der Waals surface area (Å²) < 4.78 is 19.7. The second-order valence-electron chi connectivity index (χ2n) is 6.03. The molecule has 0 radical (unpaired) electrons. The molecule has 0 unspecified atom stereocenters. The zero-order valence-corrected chi connectivity index (χ0v) is 15.4. The molecule has 28 heavy (non-hydrogen) atoms. The van der Waals surface area contributed by atoms with Crippen molar-refractivity contribution in [2.45, 2.75) is 13.5 Å². The summed E-state index contributed by atoms with van der Waals surface area (Å²) in [7, 11) is 0.